The van der Waals surface area contributed by atoms with E-state index in [1.807, 2.05) is 0 Å². The van der Waals surface area contributed by atoms with Crippen LogP contribution in [0.3, 0.4) is 0 Å². The summed E-state index contributed by atoms with van der Waals surface area (Å²) >= 11 is 11.8. The number of nitrogens with zero attached hydrogens (tertiary/aromatic N) is 1. The van der Waals surface area contributed by atoms with Crippen LogP contribution in [0.5, 0.6) is 5.75 Å². The lowest BCUT2D eigenvalue weighted by Gasteiger charge is -2.32. The SMILES string of the molecule is C=CS(=O)(=O)NC1CCN(C(=O)COc2c(N)cc(Cl)cc2Cl)CC1. The van der Waals surface area contributed by atoms with Gasteiger partial charge in [-0.05, 0) is 25.0 Å². The normalized spacial score (nSPS) is 15.8. The first kappa shape index (κ1) is 19.8. The first-order valence-corrected chi connectivity index (χ1v) is 9.82. The number of anilines is 1. The summed E-state index contributed by atoms with van der Waals surface area (Å²) in [5.74, 6) is -0.0107. The summed E-state index contributed by atoms with van der Waals surface area (Å²) in [7, 11) is -3.47. The Balaban J connectivity index is 1.86. The van der Waals surface area contributed by atoms with Gasteiger partial charge < -0.3 is 15.4 Å². The molecule has 0 atom stereocenters. The first-order valence-electron chi connectivity index (χ1n) is 7.51. The van der Waals surface area contributed by atoms with Crippen molar-refractivity contribution in [3.05, 3.63) is 34.2 Å². The average Bonchev–Trinajstić information content (AvgIpc) is 2.54. The zero-order valence-electron chi connectivity index (χ0n) is 13.4. The van der Waals surface area contributed by atoms with Crippen LogP contribution >= 0.6 is 23.2 Å². The summed E-state index contributed by atoms with van der Waals surface area (Å²) in [6.07, 6.45) is 1.03. The molecule has 1 aliphatic rings. The van der Waals surface area contributed by atoms with E-state index in [0.717, 1.165) is 5.41 Å². The van der Waals surface area contributed by atoms with E-state index in [1.54, 1.807) is 4.90 Å². The summed E-state index contributed by atoms with van der Waals surface area (Å²) in [6.45, 7) is 3.89. The van der Waals surface area contributed by atoms with Crippen molar-refractivity contribution in [2.75, 3.05) is 25.4 Å². The molecule has 1 heterocycles. The van der Waals surface area contributed by atoms with Gasteiger partial charge in [0.15, 0.2) is 12.4 Å². The molecule has 0 spiro atoms. The van der Waals surface area contributed by atoms with E-state index >= 15 is 0 Å². The number of ether oxygens (including phenoxy) is 1. The maximum absolute atomic E-state index is 12.2. The molecule has 138 valence electrons. The third kappa shape index (κ3) is 5.50. The number of hydrogen-bond donors (Lipinski definition) is 2. The molecule has 25 heavy (non-hydrogen) atoms. The number of rotatable bonds is 6. The van der Waals surface area contributed by atoms with E-state index in [1.165, 1.54) is 12.1 Å². The maximum atomic E-state index is 12.2. The molecule has 0 saturated carbocycles. The number of carbonyl (C=O) groups is 1. The van der Waals surface area contributed by atoms with Crippen LogP contribution in [0.15, 0.2) is 24.1 Å². The van der Waals surface area contributed by atoms with Crippen LogP contribution in [0.25, 0.3) is 0 Å². The van der Waals surface area contributed by atoms with E-state index in [0.29, 0.717) is 31.0 Å². The molecule has 2 rings (SSSR count). The predicted molar refractivity (Wildman–Crippen MR) is 98.2 cm³/mol. The van der Waals surface area contributed by atoms with Crippen molar-refractivity contribution in [2.45, 2.75) is 18.9 Å². The Hall–Kier alpha value is -1.48. The molecule has 1 amide bonds. The van der Waals surface area contributed by atoms with Gasteiger partial charge in [0.25, 0.3) is 5.91 Å². The molecule has 1 aliphatic heterocycles. The summed E-state index contributed by atoms with van der Waals surface area (Å²) in [5, 5.41) is 1.49. The smallest absolute Gasteiger partial charge is 0.260 e. The van der Waals surface area contributed by atoms with Gasteiger partial charge in [-0.2, -0.15) is 0 Å². The number of amides is 1. The molecule has 0 aromatic heterocycles. The zero-order valence-corrected chi connectivity index (χ0v) is 15.7. The van der Waals surface area contributed by atoms with Gasteiger partial charge in [0, 0.05) is 29.6 Å². The highest BCUT2D eigenvalue weighted by molar-refractivity contribution is 7.92. The number of sulfonamides is 1. The van der Waals surface area contributed by atoms with Gasteiger partial charge in [-0.15, -0.1) is 0 Å². The highest BCUT2D eigenvalue weighted by Gasteiger charge is 2.25. The fourth-order valence-electron chi connectivity index (χ4n) is 2.48. The highest BCUT2D eigenvalue weighted by atomic mass is 35.5. The Morgan fingerprint density at radius 2 is 2.04 bits per heavy atom. The average molecular weight is 408 g/mol. The monoisotopic (exact) mass is 407 g/mol. The quantitative estimate of drug-likeness (QED) is 0.702. The van der Waals surface area contributed by atoms with Crippen LogP contribution < -0.4 is 15.2 Å². The third-order valence-electron chi connectivity index (χ3n) is 3.78. The van der Waals surface area contributed by atoms with Crippen LogP contribution in [0.2, 0.25) is 10.0 Å². The summed E-state index contributed by atoms with van der Waals surface area (Å²) in [6, 6.07) is 2.76. The van der Waals surface area contributed by atoms with E-state index in [2.05, 4.69) is 11.3 Å². The molecule has 1 saturated heterocycles. The Labute approximate surface area is 156 Å². The lowest BCUT2D eigenvalue weighted by Crippen LogP contribution is -2.47. The molecule has 0 bridgehead atoms. The molecule has 0 unspecified atom stereocenters. The fourth-order valence-corrected chi connectivity index (χ4v) is 3.85. The van der Waals surface area contributed by atoms with Gasteiger partial charge in [-0.25, -0.2) is 13.1 Å². The number of nitrogens with two attached hydrogens (primary N) is 1. The second-order valence-corrected chi connectivity index (χ2v) is 8.08. The van der Waals surface area contributed by atoms with Crippen molar-refractivity contribution >= 4 is 44.8 Å². The van der Waals surface area contributed by atoms with Crippen LogP contribution in [0.1, 0.15) is 12.8 Å². The number of halogens is 2. The first-order chi connectivity index (χ1) is 11.7. The number of piperidine rings is 1. The Bertz CT molecular complexity index is 739. The van der Waals surface area contributed by atoms with Gasteiger partial charge in [-0.1, -0.05) is 29.8 Å². The number of nitrogens with one attached hydrogen (secondary N) is 1. The number of hydrogen-bond acceptors (Lipinski definition) is 5. The van der Waals surface area contributed by atoms with Crippen molar-refractivity contribution < 1.29 is 17.9 Å². The maximum Gasteiger partial charge on any atom is 0.260 e. The van der Waals surface area contributed by atoms with Crippen molar-refractivity contribution in [2.24, 2.45) is 0 Å². The largest absolute Gasteiger partial charge is 0.480 e. The molecule has 0 aliphatic carbocycles. The number of benzene rings is 1. The lowest BCUT2D eigenvalue weighted by molar-refractivity contribution is -0.134. The minimum Gasteiger partial charge on any atom is -0.480 e. The molecule has 3 N–H and O–H groups in total. The van der Waals surface area contributed by atoms with Crippen molar-refractivity contribution in [1.29, 1.82) is 0 Å². The molecular formula is C15H19Cl2N3O4S. The second kappa shape index (κ2) is 8.27. The van der Waals surface area contributed by atoms with Gasteiger partial charge in [-0.3, -0.25) is 4.79 Å². The fraction of sp³-hybridized carbons (Fsp3) is 0.400. The van der Waals surface area contributed by atoms with Crippen LogP contribution in [0.4, 0.5) is 5.69 Å². The second-order valence-electron chi connectivity index (χ2n) is 5.58. The third-order valence-corrected chi connectivity index (χ3v) is 5.37. The zero-order chi connectivity index (χ0) is 18.6. The van der Waals surface area contributed by atoms with E-state index < -0.39 is 10.0 Å². The van der Waals surface area contributed by atoms with Crippen LogP contribution in [-0.4, -0.2) is 45.0 Å². The topological polar surface area (TPSA) is 102 Å². The summed E-state index contributed by atoms with van der Waals surface area (Å²) < 4.78 is 30.9. The lowest BCUT2D eigenvalue weighted by atomic mass is 10.1. The number of likely N-dealkylation sites (tertiary alicyclic amines) is 1. The van der Waals surface area contributed by atoms with Crippen molar-refractivity contribution in [1.82, 2.24) is 9.62 Å². The highest BCUT2D eigenvalue weighted by Crippen LogP contribution is 2.34. The Kier molecular flexibility index (Phi) is 6.56. The van der Waals surface area contributed by atoms with Gasteiger partial charge >= 0.3 is 0 Å². The molecule has 10 heteroatoms. The van der Waals surface area contributed by atoms with E-state index in [4.69, 9.17) is 33.7 Å². The number of carbonyl (C=O) groups excluding carboxylic acids is 1. The van der Waals surface area contributed by atoms with Crippen molar-refractivity contribution in [3.63, 3.8) is 0 Å². The number of nitrogen functional groups attached to an aromatic ring is 1. The Morgan fingerprint density at radius 3 is 2.60 bits per heavy atom. The molecular weight excluding hydrogens is 389 g/mol. The predicted octanol–water partition coefficient (Wildman–Crippen LogP) is 2.01. The summed E-state index contributed by atoms with van der Waals surface area (Å²) in [5.41, 5.74) is 6.04. The summed E-state index contributed by atoms with van der Waals surface area (Å²) in [4.78, 5) is 13.9. The minimum atomic E-state index is -3.47. The Morgan fingerprint density at radius 1 is 1.40 bits per heavy atom. The standard InChI is InChI=1S/C15H19Cl2N3O4S/c1-2-25(22,23)19-11-3-5-20(6-4-11)14(21)9-24-15-12(17)7-10(16)8-13(15)18/h2,7-8,11,19H,1,3-6,9,18H2. The molecule has 1 aromatic carbocycles. The minimum absolute atomic E-state index is 0.214. The van der Waals surface area contributed by atoms with E-state index in [-0.39, 0.29) is 35.0 Å². The van der Waals surface area contributed by atoms with Gasteiger partial charge in [0.05, 0.1) is 10.7 Å². The van der Waals surface area contributed by atoms with Crippen LogP contribution in [0, 0.1) is 0 Å². The van der Waals surface area contributed by atoms with Gasteiger partial charge in [0.1, 0.15) is 0 Å². The van der Waals surface area contributed by atoms with E-state index in [9.17, 15) is 13.2 Å². The molecule has 0 radical (unpaired) electrons. The van der Waals surface area contributed by atoms with Gasteiger partial charge in [0.2, 0.25) is 10.0 Å². The molecule has 1 aromatic rings. The molecule has 1 fully saturated rings. The van der Waals surface area contributed by atoms with Crippen molar-refractivity contribution in [3.8, 4) is 5.75 Å². The molecule has 7 nitrogen and oxygen atoms in total. The van der Waals surface area contributed by atoms with Crippen LogP contribution in [-0.2, 0) is 14.8 Å².